The van der Waals surface area contributed by atoms with E-state index in [9.17, 15) is 4.39 Å². The van der Waals surface area contributed by atoms with Crippen LogP contribution in [0.3, 0.4) is 0 Å². The van der Waals surface area contributed by atoms with E-state index in [-0.39, 0.29) is 5.82 Å². The van der Waals surface area contributed by atoms with Crippen LogP contribution in [0.25, 0.3) is 11.1 Å². The van der Waals surface area contributed by atoms with E-state index in [4.69, 9.17) is 11.6 Å². The number of nitrogens with one attached hydrogen (secondary N) is 1. The fourth-order valence-corrected chi connectivity index (χ4v) is 2.75. The van der Waals surface area contributed by atoms with Crippen LogP contribution in [0.2, 0.25) is 5.02 Å². The second-order valence-corrected chi connectivity index (χ2v) is 6.28. The number of rotatable bonds is 4. The number of benzene rings is 2. The molecule has 3 rings (SSSR count). The molecule has 0 radical (unpaired) electrons. The highest BCUT2D eigenvalue weighted by atomic mass is 35.5. The van der Waals surface area contributed by atoms with Gasteiger partial charge in [-0.25, -0.2) is 4.39 Å². The van der Waals surface area contributed by atoms with Gasteiger partial charge in [0.25, 0.3) is 0 Å². The zero-order valence-electron chi connectivity index (χ0n) is 12.3. The summed E-state index contributed by atoms with van der Waals surface area (Å²) in [6.45, 7) is 4.68. The van der Waals surface area contributed by atoms with E-state index >= 15 is 0 Å². The van der Waals surface area contributed by atoms with E-state index in [2.05, 4.69) is 18.3 Å². The second kappa shape index (κ2) is 5.78. The highest BCUT2D eigenvalue weighted by Gasteiger charge is 2.20. The molecule has 1 fully saturated rings. The van der Waals surface area contributed by atoms with Gasteiger partial charge in [-0.15, -0.1) is 0 Å². The molecule has 0 heterocycles. The summed E-state index contributed by atoms with van der Waals surface area (Å²) in [5, 5.41) is 4.07. The first-order chi connectivity index (χ1) is 10.0. The van der Waals surface area contributed by atoms with Gasteiger partial charge < -0.3 is 5.32 Å². The minimum absolute atomic E-state index is 0.160. The number of hydrogen-bond donors (Lipinski definition) is 1. The van der Waals surface area contributed by atoms with Crippen LogP contribution in [0.1, 0.15) is 29.5 Å². The van der Waals surface area contributed by atoms with Crippen LogP contribution in [0.15, 0.2) is 30.3 Å². The van der Waals surface area contributed by atoms with Gasteiger partial charge >= 0.3 is 0 Å². The van der Waals surface area contributed by atoms with Crippen molar-refractivity contribution in [3.63, 3.8) is 0 Å². The Labute approximate surface area is 130 Å². The highest BCUT2D eigenvalue weighted by molar-refractivity contribution is 6.33. The third-order valence-electron chi connectivity index (χ3n) is 4.10. The van der Waals surface area contributed by atoms with Crippen molar-refractivity contribution in [2.75, 3.05) is 0 Å². The molecule has 3 heteroatoms. The van der Waals surface area contributed by atoms with Crippen LogP contribution in [0.5, 0.6) is 0 Å². The van der Waals surface area contributed by atoms with Crippen molar-refractivity contribution in [3.05, 3.63) is 57.9 Å². The summed E-state index contributed by atoms with van der Waals surface area (Å²) in [6, 6.07) is 9.84. The van der Waals surface area contributed by atoms with E-state index in [0.29, 0.717) is 23.2 Å². The van der Waals surface area contributed by atoms with Gasteiger partial charge in [0.1, 0.15) is 5.82 Å². The molecule has 1 aliphatic carbocycles. The van der Waals surface area contributed by atoms with E-state index in [1.165, 1.54) is 30.0 Å². The largest absolute Gasteiger partial charge is 0.310 e. The molecule has 1 nitrogen and oxygen atoms in total. The van der Waals surface area contributed by atoms with E-state index in [1.807, 2.05) is 19.1 Å². The summed E-state index contributed by atoms with van der Waals surface area (Å²) in [4.78, 5) is 0. The minimum atomic E-state index is -0.160. The summed E-state index contributed by atoms with van der Waals surface area (Å²) >= 11 is 6.36. The standard InChI is InChI=1S/C18H19ClFN/c1-11-7-16(17(19)8-12(11)2)13-3-6-18(20)14(9-13)10-21-15-4-5-15/h3,6-9,15,21H,4-5,10H2,1-2H3. The van der Waals surface area contributed by atoms with Crippen molar-refractivity contribution in [1.29, 1.82) is 0 Å². The van der Waals surface area contributed by atoms with Gasteiger partial charge in [-0.05, 0) is 67.6 Å². The van der Waals surface area contributed by atoms with Gasteiger partial charge in [-0.3, -0.25) is 0 Å². The Morgan fingerprint density at radius 1 is 1.14 bits per heavy atom. The molecule has 0 amide bonds. The summed E-state index contributed by atoms with van der Waals surface area (Å²) < 4.78 is 13.9. The van der Waals surface area contributed by atoms with Crippen LogP contribution >= 0.6 is 11.6 Å². The first kappa shape index (κ1) is 14.6. The van der Waals surface area contributed by atoms with Crippen molar-refractivity contribution in [2.45, 2.75) is 39.3 Å². The van der Waals surface area contributed by atoms with Crippen molar-refractivity contribution in [1.82, 2.24) is 5.32 Å². The Kier molecular flexibility index (Phi) is 4.01. The minimum Gasteiger partial charge on any atom is -0.310 e. The Bertz CT molecular complexity index is 677. The maximum Gasteiger partial charge on any atom is 0.127 e. The first-order valence-corrected chi connectivity index (χ1v) is 7.71. The average Bonchev–Trinajstić information content (AvgIpc) is 3.26. The number of aryl methyl sites for hydroxylation is 2. The normalized spacial score (nSPS) is 14.5. The fraction of sp³-hybridized carbons (Fsp3) is 0.333. The molecule has 2 aromatic rings. The number of halogens is 2. The predicted molar refractivity (Wildman–Crippen MR) is 86.2 cm³/mol. The van der Waals surface area contributed by atoms with Crippen molar-refractivity contribution < 1.29 is 4.39 Å². The van der Waals surface area contributed by atoms with Crippen molar-refractivity contribution >= 4 is 11.6 Å². The lowest BCUT2D eigenvalue weighted by molar-refractivity contribution is 0.587. The molecule has 21 heavy (non-hydrogen) atoms. The Morgan fingerprint density at radius 3 is 2.57 bits per heavy atom. The Morgan fingerprint density at radius 2 is 1.86 bits per heavy atom. The zero-order chi connectivity index (χ0) is 15.0. The molecule has 1 N–H and O–H groups in total. The van der Waals surface area contributed by atoms with Crippen molar-refractivity contribution in [3.8, 4) is 11.1 Å². The van der Waals surface area contributed by atoms with Crippen LogP contribution in [-0.4, -0.2) is 6.04 Å². The van der Waals surface area contributed by atoms with Crippen molar-refractivity contribution in [2.24, 2.45) is 0 Å². The lowest BCUT2D eigenvalue weighted by Gasteiger charge is -2.11. The second-order valence-electron chi connectivity index (χ2n) is 5.88. The average molecular weight is 304 g/mol. The molecule has 0 bridgehead atoms. The summed E-state index contributed by atoms with van der Waals surface area (Å²) in [5.41, 5.74) is 5.00. The Balaban J connectivity index is 1.94. The lowest BCUT2D eigenvalue weighted by Crippen LogP contribution is -2.16. The van der Waals surface area contributed by atoms with E-state index in [0.717, 1.165) is 11.1 Å². The zero-order valence-corrected chi connectivity index (χ0v) is 13.1. The third-order valence-corrected chi connectivity index (χ3v) is 4.41. The van der Waals surface area contributed by atoms with Gasteiger partial charge in [0.15, 0.2) is 0 Å². The quantitative estimate of drug-likeness (QED) is 0.836. The molecule has 0 aliphatic heterocycles. The molecule has 0 unspecified atom stereocenters. The smallest absolute Gasteiger partial charge is 0.127 e. The molecule has 2 aromatic carbocycles. The SMILES string of the molecule is Cc1cc(Cl)c(-c2ccc(F)c(CNC3CC3)c2)cc1C. The molecule has 0 spiro atoms. The van der Waals surface area contributed by atoms with Crippen LogP contribution < -0.4 is 5.32 Å². The summed E-state index contributed by atoms with van der Waals surface area (Å²) in [5.74, 6) is -0.160. The molecule has 0 aromatic heterocycles. The lowest BCUT2D eigenvalue weighted by atomic mass is 9.98. The maximum absolute atomic E-state index is 13.9. The van der Waals surface area contributed by atoms with Gasteiger partial charge in [-0.1, -0.05) is 17.7 Å². The maximum atomic E-state index is 13.9. The topological polar surface area (TPSA) is 12.0 Å². The monoisotopic (exact) mass is 303 g/mol. The summed E-state index contributed by atoms with van der Waals surface area (Å²) in [6.07, 6.45) is 2.40. The van der Waals surface area contributed by atoms with Crippen LogP contribution in [0, 0.1) is 19.7 Å². The molecular weight excluding hydrogens is 285 g/mol. The number of hydrogen-bond acceptors (Lipinski definition) is 1. The van der Waals surface area contributed by atoms with Gasteiger partial charge in [0.05, 0.1) is 0 Å². The molecule has 0 saturated heterocycles. The van der Waals surface area contributed by atoms with E-state index in [1.54, 1.807) is 6.07 Å². The molecule has 0 atom stereocenters. The van der Waals surface area contributed by atoms with Crippen LogP contribution in [-0.2, 0) is 6.54 Å². The van der Waals surface area contributed by atoms with Gasteiger partial charge in [0.2, 0.25) is 0 Å². The van der Waals surface area contributed by atoms with Crippen LogP contribution in [0.4, 0.5) is 4.39 Å². The fourth-order valence-electron chi connectivity index (χ4n) is 2.42. The Hall–Kier alpha value is -1.38. The van der Waals surface area contributed by atoms with E-state index < -0.39 is 0 Å². The first-order valence-electron chi connectivity index (χ1n) is 7.33. The molecular formula is C18H19ClFN. The van der Waals surface area contributed by atoms with Gasteiger partial charge in [0, 0.05) is 28.7 Å². The predicted octanol–water partition coefficient (Wildman–Crippen LogP) is 5.01. The molecule has 1 aliphatic rings. The highest BCUT2D eigenvalue weighted by Crippen LogP contribution is 2.32. The summed E-state index contributed by atoms with van der Waals surface area (Å²) in [7, 11) is 0. The molecule has 1 saturated carbocycles. The third kappa shape index (κ3) is 3.28. The van der Waals surface area contributed by atoms with Gasteiger partial charge in [-0.2, -0.15) is 0 Å². The molecule has 110 valence electrons.